The number of nitrogens with two attached hydrogens (primary N) is 1. The summed E-state index contributed by atoms with van der Waals surface area (Å²) in [5.41, 5.74) is 8.55. The molecule has 2 N–H and O–H groups in total. The second-order valence-electron chi connectivity index (χ2n) is 4.85. The molecular weight excluding hydrogens is 255 g/mol. The fourth-order valence-electron chi connectivity index (χ4n) is 2.06. The summed E-state index contributed by atoms with van der Waals surface area (Å²) < 4.78 is 19.1. The summed E-state index contributed by atoms with van der Waals surface area (Å²) in [6.45, 7) is 0. The topological polar surface area (TPSA) is 38.5 Å². The zero-order chi connectivity index (χ0) is 14.7. The molecule has 2 aromatic rings. The molecule has 0 amide bonds. The van der Waals surface area contributed by atoms with Crippen molar-refractivity contribution in [1.29, 1.82) is 0 Å². The first kappa shape index (κ1) is 14.3. The Morgan fingerprint density at radius 3 is 2.50 bits per heavy atom. The van der Waals surface area contributed by atoms with E-state index >= 15 is 0 Å². The fraction of sp³-hybridized carbons (Fsp3) is 0.250. The molecule has 3 nitrogen and oxygen atoms in total. The van der Waals surface area contributed by atoms with Crippen LogP contribution in [0.5, 0.6) is 5.75 Å². The van der Waals surface area contributed by atoms with Gasteiger partial charge in [0.15, 0.2) is 0 Å². The highest BCUT2D eigenvalue weighted by atomic mass is 19.1. The van der Waals surface area contributed by atoms with Crippen LogP contribution >= 0.6 is 0 Å². The van der Waals surface area contributed by atoms with E-state index < -0.39 is 6.04 Å². The standard InChI is InChI=1S/C16H19FN2O/c1-19(2)12-6-4-5-11(9-12)16(18)14-8-7-13(20-3)10-15(14)17/h4-10,16H,18H2,1-3H3. The van der Waals surface area contributed by atoms with Gasteiger partial charge in [-0.2, -0.15) is 0 Å². The summed E-state index contributed by atoms with van der Waals surface area (Å²) in [5, 5.41) is 0. The molecular formula is C16H19FN2O. The molecule has 1 atom stereocenters. The quantitative estimate of drug-likeness (QED) is 0.931. The molecule has 0 spiro atoms. The lowest BCUT2D eigenvalue weighted by Gasteiger charge is -2.18. The largest absolute Gasteiger partial charge is 0.497 e. The van der Waals surface area contributed by atoms with Gasteiger partial charge in [-0.1, -0.05) is 18.2 Å². The van der Waals surface area contributed by atoms with E-state index in [1.807, 2.05) is 43.3 Å². The van der Waals surface area contributed by atoms with Crippen LogP contribution in [0.4, 0.5) is 10.1 Å². The molecule has 2 rings (SSSR count). The van der Waals surface area contributed by atoms with E-state index in [2.05, 4.69) is 0 Å². The normalized spacial score (nSPS) is 12.1. The molecule has 0 heterocycles. The summed E-state index contributed by atoms with van der Waals surface area (Å²) in [5.74, 6) is 0.132. The number of nitrogens with zero attached hydrogens (tertiary/aromatic N) is 1. The summed E-state index contributed by atoms with van der Waals surface area (Å²) in [4.78, 5) is 1.99. The van der Waals surface area contributed by atoms with Crippen molar-refractivity contribution in [2.24, 2.45) is 5.73 Å². The van der Waals surface area contributed by atoms with Gasteiger partial charge in [0.25, 0.3) is 0 Å². The number of hydrogen-bond donors (Lipinski definition) is 1. The van der Waals surface area contributed by atoms with E-state index in [9.17, 15) is 4.39 Å². The first-order valence-electron chi connectivity index (χ1n) is 6.39. The second kappa shape index (κ2) is 5.92. The van der Waals surface area contributed by atoms with Crippen LogP contribution in [0.15, 0.2) is 42.5 Å². The maximum Gasteiger partial charge on any atom is 0.132 e. The highest BCUT2D eigenvalue weighted by molar-refractivity contribution is 5.49. The molecule has 0 bridgehead atoms. The smallest absolute Gasteiger partial charge is 0.132 e. The van der Waals surface area contributed by atoms with Gasteiger partial charge in [0, 0.05) is 31.4 Å². The first-order chi connectivity index (χ1) is 9.52. The molecule has 1 unspecified atom stereocenters. The van der Waals surface area contributed by atoms with Crippen LogP contribution < -0.4 is 15.4 Å². The molecule has 0 saturated heterocycles. The summed E-state index contributed by atoms with van der Waals surface area (Å²) >= 11 is 0. The fourth-order valence-corrected chi connectivity index (χ4v) is 2.06. The predicted molar refractivity (Wildman–Crippen MR) is 79.8 cm³/mol. The van der Waals surface area contributed by atoms with Crippen molar-refractivity contribution in [3.8, 4) is 5.75 Å². The van der Waals surface area contributed by atoms with Gasteiger partial charge in [0.1, 0.15) is 11.6 Å². The molecule has 4 heteroatoms. The highest BCUT2D eigenvalue weighted by Gasteiger charge is 2.15. The molecule has 0 radical (unpaired) electrons. The third-order valence-corrected chi connectivity index (χ3v) is 3.29. The molecule has 2 aromatic carbocycles. The van der Waals surface area contributed by atoms with Gasteiger partial charge in [0.05, 0.1) is 13.2 Å². The van der Waals surface area contributed by atoms with Crippen molar-refractivity contribution in [2.45, 2.75) is 6.04 Å². The zero-order valence-corrected chi connectivity index (χ0v) is 11.9. The van der Waals surface area contributed by atoms with Crippen LogP contribution in [0.25, 0.3) is 0 Å². The number of methoxy groups -OCH3 is 1. The van der Waals surface area contributed by atoms with Crippen LogP contribution in [-0.2, 0) is 0 Å². The Balaban J connectivity index is 2.35. The minimum Gasteiger partial charge on any atom is -0.497 e. The van der Waals surface area contributed by atoms with Crippen molar-refractivity contribution in [2.75, 3.05) is 26.1 Å². The van der Waals surface area contributed by atoms with E-state index in [-0.39, 0.29) is 5.82 Å². The molecule has 20 heavy (non-hydrogen) atoms. The first-order valence-corrected chi connectivity index (χ1v) is 6.39. The van der Waals surface area contributed by atoms with Crippen molar-refractivity contribution in [3.05, 3.63) is 59.4 Å². The van der Waals surface area contributed by atoms with Crippen LogP contribution in [-0.4, -0.2) is 21.2 Å². The van der Waals surface area contributed by atoms with Gasteiger partial charge in [-0.15, -0.1) is 0 Å². The Labute approximate surface area is 118 Å². The number of benzene rings is 2. The van der Waals surface area contributed by atoms with Crippen molar-refractivity contribution in [3.63, 3.8) is 0 Å². The molecule has 106 valence electrons. The van der Waals surface area contributed by atoms with Gasteiger partial charge in [-0.25, -0.2) is 4.39 Å². The second-order valence-corrected chi connectivity index (χ2v) is 4.85. The van der Waals surface area contributed by atoms with Crippen LogP contribution in [0.2, 0.25) is 0 Å². The van der Waals surface area contributed by atoms with Gasteiger partial charge in [-0.3, -0.25) is 0 Å². The zero-order valence-electron chi connectivity index (χ0n) is 11.9. The number of hydrogen-bond acceptors (Lipinski definition) is 3. The Morgan fingerprint density at radius 1 is 1.15 bits per heavy atom. The number of ether oxygens (including phenoxy) is 1. The van der Waals surface area contributed by atoms with E-state index in [0.29, 0.717) is 11.3 Å². The average molecular weight is 274 g/mol. The lowest BCUT2D eigenvalue weighted by molar-refractivity contribution is 0.410. The molecule has 0 aliphatic carbocycles. The molecule has 0 saturated carbocycles. The minimum atomic E-state index is -0.499. The van der Waals surface area contributed by atoms with Crippen LogP contribution in [0.3, 0.4) is 0 Å². The third-order valence-electron chi connectivity index (χ3n) is 3.29. The monoisotopic (exact) mass is 274 g/mol. The molecule has 0 aliphatic rings. The van der Waals surface area contributed by atoms with Crippen molar-refractivity contribution >= 4 is 5.69 Å². The Hall–Kier alpha value is -2.07. The highest BCUT2D eigenvalue weighted by Crippen LogP contribution is 2.27. The van der Waals surface area contributed by atoms with Crippen LogP contribution in [0, 0.1) is 5.82 Å². The lowest BCUT2D eigenvalue weighted by atomic mass is 9.98. The van der Waals surface area contributed by atoms with Gasteiger partial charge in [0.2, 0.25) is 0 Å². The van der Waals surface area contributed by atoms with E-state index in [1.165, 1.54) is 13.2 Å². The predicted octanol–water partition coefficient (Wildman–Crippen LogP) is 2.95. The summed E-state index contributed by atoms with van der Waals surface area (Å²) in [7, 11) is 5.42. The van der Waals surface area contributed by atoms with E-state index in [4.69, 9.17) is 10.5 Å². The maximum atomic E-state index is 14.1. The van der Waals surface area contributed by atoms with E-state index in [0.717, 1.165) is 11.3 Å². The molecule has 0 aromatic heterocycles. The van der Waals surface area contributed by atoms with Gasteiger partial charge < -0.3 is 15.4 Å². The van der Waals surface area contributed by atoms with Gasteiger partial charge in [-0.05, 0) is 23.8 Å². The minimum absolute atomic E-state index is 0.355. The van der Waals surface area contributed by atoms with Crippen LogP contribution in [0.1, 0.15) is 17.2 Å². The molecule has 0 aliphatic heterocycles. The third kappa shape index (κ3) is 2.91. The SMILES string of the molecule is COc1ccc(C(N)c2cccc(N(C)C)c2)c(F)c1. The average Bonchev–Trinajstić information content (AvgIpc) is 2.46. The Bertz CT molecular complexity index is 599. The van der Waals surface area contributed by atoms with Crippen molar-refractivity contribution in [1.82, 2.24) is 0 Å². The number of halogens is 1. The van der Waals surface area contributed by atoms with E-state index in [1.54, 1.807) is 12.1 Å². The summed E-state index contributed by atoms with van der Waals surface area (Å²) in [6.07, 6.45) is 0. The molecule has 0 fully saturated rings. The Kier molecular flexibility index (Phi) is 4.25. The van der Waals surface area contributed by atoms with Gasteiger partial charge >= 0.3 is 0 Å². The Morgan fingerprint density at radius 2 is 1.90 bits per heavy atom. The lowest BCUT2D eigenvalue weighted by Crippen LogP contribution is -2.15. The number of anilines is 1. The summed E-state index contributed by atoms with van der Waals surface area (Å²) in [6, 6.07) is 12.0. The number of rotatable bonds is 4. The van der Waals surface area contributed by atoms with Crippen molar-refractivity contribution < 1.29 is 9.13 Å². The maximum absolute atomic E-state index is 14.1.